The summed E-state index contributed by atoms with van der Waals surface area (Å²) in [7, 11) is 3.28. The Kier molecular flexibility index (Phi) is 9.70. The van der Waals surface area contributed by atoms with Gasteiger partial charge in [-0.2, -0.15) is 0 Å². The molecule has 0 amide bonds. The van der Waals surface area contributed by atoms with Gasteiger partial charge < -0.3 is 14.3 Å². The first-order valence-electron chi connectivity index (χ1n) is 3.74. The van der Waals surface area contributed by atoms with Crippen LogP contribution in [0.25, 0.3) is 0 Å². The predicted molar refractivity (Wildman–Crippen MR) is 42.3 cm³/mol. The average molecular weight is 163 g/mol. The van der Waals surface area contributed by atoms with E-state index in [-0.39, 0.29) is 0 Å². The first-order valence-corrected chi connectivity index (χ1v) is 3.74. The number of rotatable bonds is 8. The minimum absolute atomic E-state index is 0.678. The molecule has 0 aromatic heterocycles. The fourth-order valence-corrected chi connectivity index (χ4v) is 0.623. The van der Waals surface area contributed by atoms with E-state index < -0.39 is 0 Å². The summed E-state index contributed by atoms with van der Waals surface area (Å²) < 4.78 is 10.1. The molecule has 0 aromatic rings. The minimum atomic E-state index is 0.678. The van der Waals surface area contributed by atoms with Gasteiger partial charge in [0.2, 0.25) is 0 Å². The Bertz CT molecular complexity index is 62.7. The number of hydrogen-bond acceptors (Lipinski definition) is 4. The SMILES string of the molecule is COCCCOCCNOC. The molecular formula is C7H17NO3. The van der Waals surface area contributed by atoms with Crippen LogP contribution < -0.4 is 5.48 Å². The van der Waals surface area contributed by atoms with Gasteiger partial charge in [0.25, 0.3) is 0 Å². The molecule has 0 spiro atoms. The van der Waals surface area contributed by atoms with Gasteiger partial charge in [0.1, 0.15) is 0 Å². The van der Waals surface area contributed by atoms with E-state index in [0.29, 0.717) is 6.61 Å². The van der Waals surface area contributed by atoms with E-state index >= 15 is 0 Å². The van der Waals surface area contributed by atoms with E-state index in [4.69, 9.17) is 9.47 Å². The maximum absolute atomic E-state index is 5.22. The maximum Gasteiger partial charge on any atom is 0.0614 e. The third-order valence-corrected chi connectivity index (χ3v) is 1.13. The van der Waals surface area contributed by atoms with Gasteiger partial charge in [0, 0.05) is 26.9 Å². The van der Waals surface area contributed by atoms with E-state index in [2.05, 4.69) is 10.3 Å². The van der Waals surface area contributed by atoms with Gasteiger partial charge >= 0.3 is 0 Å². The van der Waals surface area contributed by atoms with Crippen LogP contribution >= 0.6 is 0 Å². The highest BCUT2D eigenvalue weighted by atomic mass is 16.6. The first-order chi connectivity index (χ1) is 5.41. The number of hydrogen-bond donors (Lipinski definition) is 1. The second-order valence-corrected chi connectivity index (χ2v) is 2.06. The van der Waals surface area contributed by atoms with Gasteiger partial charge in [-0.3, -0.25) is 0 Å². The molecule has 4 nitrogen and oxygen atoms in total. The largest absolute Gasteiger partial charge is 0.385 e. The van der Waals surface area contributed by atoms with E-state index in [9.17, 15) is 0 Å². The van der Waals surface area contributed by atoms with Crippen LogP contribution in [0, 0.1) is 0 Å². The Labute approximate surface area is 67.8 Å². The number of methoxy groups -OCH3 is 1. The van der Waals surface area contributed by atoms with Crippen molar-refractivity contribution in [3.8, 4) is 0 Å². The van der Waals surface area contributed by atoms with E-state index in [1.165, 1.54) is 0 Å². The lowest BCUT2D eigenvalue weighted by Crippen LogP contribution is -2.18. The van der Waals surface area contributed by atoms with Gasteiger partial charge in [-0.15, -0.1) is 0 Å². The molecule has 0 aromatic carbocycles. The molecule has 0 radical (unpaired) electrons. The first kappa shape index (κ1) is 10.8. The zero-order valence-corrected chi connectivity index (χ0v) is 7.26. The second-order valence-electron chi connectivity index (χ2n) is 2.06. The monoisotopic (exact) mass is 163 g/mol. The topological polar surface area (TPSA) is 39.7 Å². The highest BCUT2D eigenvalue weighted by Gasteiger charge is 1.87. The van der Waals surface area contributed by atoms with Crippen LogP contribution in [0.5, 0.6) is 0 Å². The summed E-state index contributed by atoms with van der Waals surface area (Å²) in [4.78, 5) is 4.61. The van der Waals surface area contributed by atoms with Crippen molar-refractivity contribution in [3.05, 3.63) is 0 Å². The van der Waals surface area contributed by atoms with Crippen molar-refractivity contribution in [2.75, 3.05) is 40.6 Å². The van der Waals surface area contributed by atoms with Crippen LogP contribution in [0.2, 0.25) is 0 Å². The summed E-state index contributed by atoms with van der Waals surface area (Å²) in [5.74, 6) is 0. The molecule has 68 valence electrons. The molecule has 0 heterocycles. The second kappa shape index (κ2) is 9.84. The molecule has 0 unspecified atom stereocenters. The Morgan fingerprint density at radius 1 is 1.09 bits per heavy atom. The molecule has 0 aliphatic rings. The Balaban J connectivity index is 2.69. The molecular weight excluding hydrogens is 146 g/mol. The fourth-order valence-electron chi connectivity index (χ4n) is 0.623. The van der Waals surface area contributed by atoms with Gasteiger partial charge in [0.15, 0.2) is 0 Å². The molecule has 0 rings (SSSR count). The smallest absolute Gasteiger partial charge is 0.0614 e. The standard InChI is InChI=1S/C7H17NO3/c1-9-5-3-6-11-7-4-8-10-2/h8H,3-7H2,1-2H3. The minimum Gasteiger partial charge on any atom is -0.385 e. The van der Waals surface area contributed by atoms with E-state index in [1.807, 2.05) is 0 Å². The summed E-state index contributed by atoms with van der Waals surface area (Å²) in [5, 5.41) is 0. The molecule has 0 atom stereocenters. The molecule has 0 saturated carbocycles. The zero-order chi connectivity index (χ0) is 8.36. The quantitative estimate of drug-likeness (QED) is 0.409. The van der Waals surface area contributed by atoms with Crippen molar-refractivity contribution in [2.45, 2.75) is 6.42 Å². The normalized spacial score (nSPS) is 10.4. The van der Waals surface area contributed by atoms with Gasteiger partial charge in [-0.05, 0) is 6.42 Å². The van der Waals surface area contributed by atoms with Crippen molar-refractivity contribution in [3.63, 3.8) is 0 Å². The van der Waals surface area contributed by atoms with E-state index in [0.717, 1.165) is 26.2 Å². The number of nitrogens with one attached hydrogen (secondary N) is 1. The third kappa shape index (κ3) is 9.84. The van der Waals surface area contributed by atoms with Crippen molar-refractivity contribution >= 4 is 0 Å². The Hall–Kier alpha value is -0.160. The number of hydroxylamine groups is 1. The Morgan fingerprint density at radius 2 is 1.91 bits per heavy atom. The van der Waals surface area contributed by atoms with Crippen LogP contribution in [0.15, 0.2) is 0 Å². The zero-order valence-electron chi connectivity index (χ0n) is 7.26. The molecule has 0 fully saturated rings. The summed E-state index contributed by atoms with van der Waals surface area (Å²) in [5.41, 5.74) is 2.68. The van der Waals surface area contributed by atoms with E-state index in [1.54, 1.807) is 14.2 Å². The van der Waals surface area contributed by atoms with Crippen LogP contribution in [0.1, 0.15) is 6.42 Å². The molecule has 0 bridgehead atoms. The van der Waals surface area contributed by atoms with Crippen molar-refractivity contribution in [1.82, 2.24) is 5.48 Å². The Morgan fingerprint density at radius 3 is 2.55 bits per heavy atom. The summed E-state index contributed by atoms with van der Waals surface area (Å²) >= 11 is 0. The van der Waals surface area contributed by atoms with Crippen molar-refractivity contribution in [1.29, 1.82) is 0 Å². The highest BCUT2D eigenvalue weighted by molar-refractivity contribution is 4.35. The third-order valence-electron chi connectivity index (χ3n) is 1.13. The lowest BCUT2D eigenvalue weighted by molar-refractivity contribution is 0.0496. The summed E-state index contributed by atoms with van der Waals surface area (Å²) in [6.45, 7) is 2.91. The summed E-state index contributed by atoms with van der Waals surface area (Å²) in [6.07, 6.45) is 0.948. The lowest BCUT2D eigenvalue weighted by atomic mass is 10.5. The lowest BCUT2D eigenvalue weighted by Gasteiger charge is -2.03. The van der Waals surface area contributed by atoms with Gasteiger partial charge in [-0.1, -0.05) is 0 Å². The van der Waals surface area contributed by atoms with Crippen LogP contribution in [-0.4, -0.2) is 40.6 Å². The molecule has 0 saturated heterocycles. The van der Waals surface area contributed by atoms with Crippen LogP contribution in [0.4, 0.5) is 0 Å². The number of ether oxygens (including phenoxy) is 2. The molecule has 4 heteroatoms. The van der Waals surface area contributed by atoms with Gasteiger partial charge in [0.05, 0.1) is 13.7 Å². The van der Waals surface area contributed by atoms with Crippen LogP contribution in [0.3, 0.4) is 0 Å². The van der Waals surface area contributed by atoms with Crippen LogP contribution in [-0.2, 0) is 14.3 Å². The molecule has 11 heavy (non-hydrogen) atoms. The highest BCUT2D eigenvalue weighted by Crippen LogP contribution is 1.82. The molecule has 0 aliphatic heterocycles. The fraction of sp³-hybridized carbons (Fsp3) is 1.00. The average Bonchev–Trinajstić information content (AvgIpc) is 2.03. The van der Waals surface area contributed by atoms with Gasteiger partial charge in [-0.25, -0.2) is 5.48 Å². The summed E-state index contributed by atoms with van der Waals surface area (Å²) in [6, 6.07) is 0. The molecule has 0 aliphatic carbocycles. The maximum atomic E-state index is 5.22. The predicted octanol–water partition coefficient (Wildman–Crippen LogP) is 0.190. The van der Waals surface area contributed by atoms with Crippen molar-refractivity contribution < 1.29 is 14.3 Å². The molecule has 1 N–H and O–H groups in total. The van der Waals surface area contributed by atoms with Crippen molar-refractivity contribution in [2.24, 2.45) is 0 Å².